The molecule has 1 amide bonds. The molecule has 114 valence electrons. The van der Waals surface area contributed by atoms with Crippen LogP contribution in [0.25, 0.3) is 0 Å². The Kier molecular flexibility index (Phi) is 4.80. The third-order valence-electron chi connectivity index (χ3n) is 3.36. The van der Waals surface area contributed by atoms with Gasteiger partial charge in [-0.1, -0.05) is 0 Å². The molecule has 1 atom stereocenters. The number of ketones is 1. The third-order valence-corrected chi connectivity index (χ3v) is 3.36. The Morgan fingerprint density at radius 1 is 1.33 bits per heavy atom. The molecule has 1 aliphatic rings. The topological polar surface area (TPSA) is 81.9 Å². The van der Waals surface area contributed by atoms with Gasteiger partial charge in [0.2, 0.25) is 0 Å². The van der Waals surface area contributed by atoms with Crippen molar-refractivity contribution < 1.29 is 19.1 Å². The smallest absolute Gasteiger partial charge is 0.263 e. The fourth-order valence-corrected chi connectivity index (χ4v) is 2.21. The molecule has 1 aliphatic heterocycles. The zero-order chi connectivity index (χ0) is 15.4. The molecule has 1 aromatic carbocycles. The number of morpholine rings is 1. The summed E-state index contributed by atoms with van der Waals surface area (Å²) in [6.07, 6.45) is -0.662. The number of carbonyl (C=O) groups is 2. The van der Waals surface area contributed by atoms with Gasteiger partial charge in [0.1, 0.15) is 5.75 Å². The van der Waals surface area contributed by atoms with Crippen molar-refractivity contribution in [2.24, 2.45) is 0 Å². The molecule has 2 N–H and O–H groups in total. The molecule has 1 unspecified atom stereocenters. The molecular formula is C15H20N2O4. The lowest BCUT2D eigenvalue weighted by Gasteiger charge is -2.29. The van der Waals surface area contributed by atoms with E-state index in [2.05, 4.69) is 0 Å². The van der Waals surface area contributed by atoms with Gasteiger partial charge in [-0.25, -0.2) is 0 Å². The van der Waals surface area contributed by atoms with Gasteiger partial charge in [-0.2, -0.15) is 0 Å². The highest BCUT2D eigenvalue weighted by Crippen LogP contribution is 2.23. The maximum absolute atomic E-state index is 12.3. The molecular weight excluding hydrogens is 272 g/mol. The highest BCUT2D eigenvalue weighted by Gasteiger charge is 2.24. The first-order valence-electron chi connectivity index (χ1n) is 6.92. The normalized spacial score (nSPS) is 16.4. The van der Waals surface area contributed by atoms with E-state index >= 15 is 0 Å². The quantitative estimate of drug-likeness (QED) is 0.664. The second-order valence-electron chi connectivity index (χ2n) is 5.01. The average Bonchev–Trinajstić information content (AvgIpc) is 2.49. The molecule has 1 saturated heterocycles. The van der Waals surface area contributed by atoms with Crippen molar-refractivity contribution in [3.63, 3.8) is 0 Å². The van der Waals surface area contributed by atoms with E-state index in [0.717, 1.165) is 0 Å². The molecule has 1 fully saturated rings. The van der Waals surface area contributed by atoms with Crippen LogP contribution in [0.1, 0.15) is 24.2 Å². The molecule has 0 saturated carbocycles. The fourth-order valence-electron chi connectivity index (χ4n) is 2.21. The van der Waals surface area contributed by atoms with E-state index in [1.165, 1.54) is 6.92 Å². The van der Waals surface area contributed by atoms with Crippen LogP contribution in [0.2, 0.25) is 0 Å². The lowest BCUT2D eigenvalue weighted by molar-refractivity contribution is -0.142. The number of hydrogen-bond acceptors (Lipinski definition) is 5. The molecule has 0 radical (unpaired) electrons. The van der Waals surface area contributed by atoms with Crippen LogP contribution in [-0.2, 0) is 9.53 Å². The van der Waals surface area contributed by atoms with Crippen LogP contribution in [0, 0.1) is 0 Å². The zero-order valence-electron chi connectivity index (χ0n) is 12.3. The summed E-state index contributed by atoms with van der Waals surface area (Å²) in [4.78, 5) is 25.6. The minimum atomic E-state index is -0.662. The first-order chi connectivity index (χ1) is 9.99. The summed E-state index contributed by atoms with van der Waals surface area (Å²) in [6.45, 7) is 5.33. The van der Waals surface area contributed by atoms with Gasteiger partial charge in [-0.05, 0) is 32.0 Å². The molecule has 0 aromatic heterocycles. The number of nitrogens with two attached hydrogens (primary N) is 1. The number of rotatable bonds is 4. The summed E-state index contributed by atoms with van der Waals surface area (Å²) < 4.78 is 10.9. The first kappa shape index (κ1) is 15.3. The van der Waals surface area contributed by atoms with Gasteiger partial charge >= 0.3 is 0 Å². The molecule has 6 nitrogen and oxygen atoms in total. The van der Waals surface area contributed by atoms with Crippen LogP contribution < -0.4 is 10.5 Å². The van der Waals surface area contributed by atoms with Gasteiger partial charge in [0.15, 0.2) is 11.9 Å². The summed E-state index contributed by atoms with van der Waals surface area (Å²) in [5, 5.41) is 0. The standard InChI is InChI=1S/C15H20N2O4/c1-10(18)13-9-12(16)3-4-14(13)21-11(2)15(19)17-5-7-20-8-6-17/h3-4,9,11H,5-8,16H2,1-2H3. The van der Waals surface area contributed by atoms with Gasteiger partial charge in [-0.15, -0.1) is 0 Å². The number of amides is 1. The van der Waals surface area contributed by atoms with E-state index in [9.17, 15) is 9.59 Å². The third kappa shape index (κ3) is 3.72. The number of ether oxygens (including phenoxy) is 2. The number of Topliss-reactive ketones (excluding diaryl/α,β-unsaturated/α-hetero) is 1. The SMILES string of the molecule is CC(=O)c1cc(N)ccc1OC(C)C(=O)N1CCOCC1. The van der Waals surface area contributed by atoms with E-state index in [4.69, 9.17) is 15.2 Å². The number of benzene rings is 1. The zero-order valence-corrected chi connectivity index (χ0v) is 12.3. The Balaban J connectivity index is 2.10. The Morgan fingerprint density at radius 2 is 2.00 bits per heavy atom. The van der Waals surface area contributed by atoms with Gasteiger partial charge in [0, 0.05) is 18.8 Å². The summed E-state index contributed by atoms with van der Waals surface area (Å²) in [5.41, 5.74) is 6.55. The van der Waals surface area contributed by atoms with Crippen molar-refractivity contribution in [2.45, 2.75) is 20.0 Å². The lowest BCUT2D eigenvalue weighted by Crippen LogP contribution is -2.46. The molecule has 0 spiro atoms. The van der Waals surface area contributed by atoms with Crippen molar-refractivity contribution in [3.05, 3.63) is 23.8 Å². The number of hydrogen-bond donors (Lipinski definition) is 1. The Labute approximate surface area is 123 Å². The summed E-state index contributed by atoms with van der Waals surface area (Å²) in [6, 6.07) is 4.83. The highest BCUT2D eigenvalue weighted by molar-refractivity contribution is 5.97. The predicted molar refractivity (Wildman–Crippen MR) is 78.3 cm³/mol. The molecule has 1 aromatic rings. The molecule has 0 aliphatic carbocycles. The van der Waals surface area contributed by atoms with E-state index in [1.807, 2.05) is 0 Å². The second kappa shape index (κ2) is 6.58. The van der Waals surface area contributed by atoms with Crippen molar-refractivity contribution >= 4 is 17.4 Å². The maximum atomic E-state index is 12.3. The van der Waals surface area contributed by atoms with Crippen molar-refractivity contribution in [2.75, 3.05) is 32.0 Å². The van der Waals surface area contributed by atoms with Gasteiger partial charge in [0.25, 0.3) is 5.91 Å². The average molecular weight is 292 g/mol. The van der Waals surface area contributed by atoms with E-state index in [-0.39, 0.29) is 11.7 Å². The molecule has 1 heterocycles. The van der Waals surface area contributed by atoms with Crippen molar-refractivity contribution in [3.8, 4) is 5.75 Å². The number of nitrogens with zero attached hydrogens (tertiary/aromatic N) is 1. The molecule has 6 heteroatoms. The minimum absolute atomic E-state index is 0.107. The van der Waals surface area contributed by atoms with Gasteiger partial charge in [-0.3, -0.25) is 9.59 Å². The Hall–Kier alpha value is -2.08. The van der Waals surface area contributed by atoms with Crippen LogP contribution in [0.15, 0.2) is 18.2 Å². The molecule has 0 bridgehead atoms. The number of carbonyl (C=O) groups excluding carboxylic acids is 2. The first-order valence-corrected chi connectivity index (χ1v) is 6.92. The van der Waals surface area contributed by atoms with Crippen LogP contribution >= 0.6 is 0 Å². The Morgan fingerprint density at radius 3 is 2.62 bits per heavy atom. The van der Waals surface area contributed by atoms with E-state index in [1.54, 1.807) is 30.0 Å². The number of nitrogen functional groups attached to an aromatic ring is 1. The fraction of sp³-hybridized carbons (Fsp3) is 0.467. The van der Waals surface area contributed by atoms with Crippen molar-refractivity contribution in [1.29, 1.82) is 0 Å². The Bertz CT molecular complexity index is 538. The summed E-state index contributed by atoms with van der Waals surface area (Å²) in [7, 11) is 0. The largest absolute Gasteiger partial charge is 0.480 e. The summed E-state index contributed by atoms with van der Waals surface area (Å²) >= 11 is 0. The number of anilines is 1. The molecule has 2 rings (SSSR count). The van der Waals surface area contributed by atoms with Gasteiger partial charge < -0.3 is 20.1 Å². The highest BCUT2D eigenvalue weighted by atomic mass is 16.5. The van der Waals surface area contributed by atoms with Crippen LogP contribution in [-0.4, -0.2) is 49.0 Å². The van der Waals surface area contributed by atoms with Gasteiger partial charge in [0.05, 0.1) is 18.8 Å². The van der Waals surface area contributed by atoms with E-state index in [0.29, 0.717) is 43.3 Å². The van der Waals surface area contributed by atoms with Crippen molar-refractivity contribution in [1.82, 2.24) is 4.90 Å². The maximum Gasteiger partial charge on any atom is 0.263 e. The van der Waals surface area contributed by atoms with Crippen LogP contribution in [0.3, 0.4) is 0 Å². The van der Waals surface area contributed by atoms with E-state index < -0.39 is 6.10 Å². The summed E-state index contributed by atoms with van der Waals surface area (Å²) in [5.74, 6) is 0.124. The predicted octanol–water partition coefficient (Wildman–Crippen LogP) is 1.10. The van der Waals surface area contributed by atoms with Crippen LogP contribution in [0.4, 0.5) is 5.69 Å². The molecule has 21 heavy (non-hydrogen) atoms. The van der Waals surface area contributed by atoms with Crippen LogP contribution in [0.5, 0.6) is 5.75 Å². The lowest BCUT2D eigenvalue weighted by atomic mass is 10.1. The second-order valence-corrected chi connectivity index (χ2v) is 5.01. The monoisotopic (exact) mass is 292 g/mol. The minimum Gasteiger partial charge on any atom is -0.480 e.